The summed E-state index contributed by atoms with van der Waals surface area (Å²) in [5.41, 5.74) is 1.15. The van der Waals surface area contributed by atoms with E-state index in [1.807, 2.05) is 0 Å². The van der Waals surface area contributed by atoms with E-state index in [0.717, 1.165) is 5.56 Å². The molecule has 0 radical (unpaired) electrons. The van der Waals surface area contributed by atoms with Crippen LogP contribution >= 0.6 is 0 Å². The number of carbonyl (C=O) groups is 2. The van der Waals surface area contributed by atoms with E-state index in [0.29, 0.717) is 5.56 Å². The molecular weight excluding hydrogens is 320 g/mol. The first-order valence-corrected chi connectivity index (χ1v) is 7.00. The molecule has 1 N–H and O–H groups in total. The number of nitrogens with one attached hydrogen (secondary N) is 1. The number of methoxy groups -OCH3 is 1. The molecule has 0 bridgehead atoms. The molecule has 0 saturated heterocycles. The molecule has 0 atom stereocenters. The van der Waals surface area contributed by atoms with Gasteiger partial charge in [-0.3, -0.25) is 4.79 Å². The number of para-hydroxylation sites is 1. The zero-order valence-electron chi connectivity index (χ0n) is 12.8. The molecule has 5 nitrogen and oxygen atoms in total. The first-order valence-electron chi connectivity index (χ1n) is 7.00. The SMILES string of the molecule is COC(=O)c1ccc(CNC(=O)c2ccccc2OC(F)F)cc1. The molecule has 7 heteroatoms. The molecule has 126 valence electrons. The van der Waals surface area contributed by atoms with Crippen molar-refractivity contribution in [3.8, 4) is 5.75 Å². The fourth-order valence-corrected chi connectivity index (χ4v) is 2.01. The Morgan fingerprint density at radius 1 is 1.08 bits per heavy atom. The van der Waals surface area contributed by atoms with Crippen molar-refractivity contribution < 1.29 is 27.8 Å². The normalized spacial score (nSPS) is 10.3. The van der Waals surface area contributed by atoms with Crippen LogP contribution in [0.15, 0.2) is 48.5 Å². The lowest BCUT2D eigenvalue weighted by atomic mass is 10.1. The number of hydrogen-bond acceptors (Lipinski definition) is 4. The highest BCUT2D eigenvalue weighted by molar-refractivity contribution is 5.96. The van der Waals surface area contributed by atoms with E-state index < -0.39 is 18.5 Å². The molecule has 0 aliphatic carbocycles. The number of esters is 1. The Hall–Kier alpha value is -2.96. The maximum absolute atomic E-state index is 12.4. The average molecular weight is 335 g/mol. The molecule has 0 heterocycles. The van der Waals surface area contributed by atoms with Gasteiger partial charge in [-0.1, -0.05) is 24.3 Å². The van der Waals surface area contributed by atoms with E-state index >= 15 is 0 Å². The second-order valence-electron chi connectivity index (χ2n) is 4.75. The number of carbonyl (C=O) groups excluding carboxylic acids is 2. The minimum absolute atomic E-state index is 0.0176. The number of halogens is 2. The van der Waals surface area contributed by atoms with Gasteiger partial charge in [0.25, 0.3) is 5.91 Å². The highest BCUT2D eigenvalue weighted by Crippen LogP contribution is 2.20. The highest BCUT2D eigenvalue weighted by atomic mass is 19.3. The number of rotatable bonds is 6. The lowest BCUT2D eigenvalue weighted by Crippen LogP contribution is -2.23. The molecule has 0 spiro atoms. The smallest absolute Gasteiger partial charge is 0.387 e. The van der Waals surface area contributed by atoms with Gasteiger partial charge in [0.1, 0.15) is 5.75 Å². The van der Waals surface area contributed by atoms with Gasteiger partial charge in [0, 0.05) is 6.54 Å². The van der Waals surface area contributed by atoms with Crippen LogP contribution in [-0.4, -0.2) is 25.6 Å². The molecule has 0 fully saturated rings. The summed E-state index contributed by atoms with van der Waals surface area (Å²) in [6.07, 6.45) is 0. The summed E-state index contributed by atoms with van der Waals surface area (Å²) in [6, 6.07) is 12.2. The van der Waals surface area contributed by atoms with E-state index in [2.05, 4.69) is 14.8 Å². The summed E-state index contributed by atoms with van der Waals surface area (Å²) < 4.78 is 33.6. The Kier molecular flexibility index (Phi) is 5.83. The number of ether oxygens (including phenoxy) is 2. The third-order valence-electron chi connectivity index (χ3n) is 3.18. The Labute approximate surface area is 137 Å². The molecule has 2 rings (SSSR count). The maximum Gasteiger partial charge on any atom is 0.387 e. The largest absolute Gasteiger partial charge is 0.465 e. The van der Waals surface area contributed by atoms with Gasteiger partial charge in [-0.05, 0) is 29.8 Å². The van der Waals surface area contributed by atoms with E-state index in [1.165, 1.54) is 25.3 Å². The molecule has 0 aliphatic heterocycles. The van der Waals surface area contributed by atoms with E-state index in [-0.39, 0.29) is 17.9 Å². The maximum atomic E-state index is 12.4. The zero-order chi connectivity index (χ0) is 17.5. The van der Waals surface area contributed by atoms with Crippen molar-refractivity contribution in [3.05, 3.63) is 65.2 Å². The third-order valence-corrected chi connectivity index (χ3v) is 3.18. The minimum atomic E-state index is -3.01. The van der Waals surface area contributed by atoms with E-state index in [9.17, 15) is 18.4 Å². The van der Waals surface area contributed by atoms with Crippen LogP contribution in [0.4, 0.5) is 8.78 Å². The topological polar surface area (TPSA) is 64.6 Å². The van der Waals surface area contributed by atoms with Crippen LogP contribution in [0.25, 0.3) is 0 Å². The zero-order valence-corrected chi connectivity index (χ0v) is 12.8. The molecule has 0 aliphatic rings. The van der Waals surface area contributed by atoms with Crippen molar-refractivity contribution in [2.45, 2.75) is 13.2 Å². The van der Waals surface area contributed by atoms with E-state index in [4.69, 9.17) is 0 Å². The minimum Gasteiger partial charge on any atom is -0.465 e. The van der Waals surface area contributed by atoms with Gasteiger partial charge in [-0.2, -0.15) is 8.78 Å². The van der Waals surface area contributed by atoms with Crippen LogP contribution in [0.3, 0.4) is 0 Å². The quantitative estimate of drug-likeness (QED) is 0.824. The highest BCUT2D eigenvalue weighted by Gasteiger charge is 2.15. The number of hydrogen-bond donors (Lipinski definition) is 1. The molecule has 0 aromatic heterocycles. The van der Waals surface area contributed by atoms with Gasteiger partial charge in [0.2, 0.25) is 0 Å². The van der Waals surface area contributed by atoms with Gasteiger partial charge in [0.05, 0.1) is 18.2 Å². The Morgan fingerprint density at radius 3 is 2.38 bits per heavy atom. The fourth-order valence-electron chi connectivity index (χ4n) is 2.01. The number of amides is 1. The van der Waals surface area contributed by atoms with Crippen molar-refractivity contribution >= 4 is 11.9 Å². The Morgan fingerprint density at radius 2 is 1.75 bits per heavy atom. The molecule has 0 saturated carbocycles. The number of benzene rings is 2. The van der Waals surface area contributed by atoms with Gasteiger partial charge in [-0.25, -0.2) is 4.79 Å². The molecule has 0 unspecified atom stereocenters. The van der Waals surface area contributed by atoms with Crippen LogP contribution in [0.2, 0.25) is 0 Å². The van der Waals surface area contributed by atoms with Crippen molar-refractivity contribution in [3.63, 3.8) is 0 Å². The summed E-state index contributed by atoms with van der Waals surface area (Å²) >= 11 is 0. The van der Waals surface area contributed by atoms with Crippen LogP contribution in [-0.2, 0) is 11.3 Å². The second-order valence-corrected chi connectivity index (χ2v) is 4.75. The summed E-state index contributed by atoms with van der Waals surface area (Å²) in [5.74, 6) is -1.18. The Bertz CT molecular complexity index is 717. The molecule has 1 amide bonds. The van der Waals surface area contributed by atoms with Crippen molar-refractivity contribution in [2.24, 2.45) is 0 Å². The van der Waals surface area contributed by atoms with E-state index in [1.54, 1.807) is 30.3 Å². The first kappa shape index (κ1) is 17.4. The molecular formula is C17H15F2NO4. The Balaban J connectivity index is 2.02. The summed E-state index contributed by atoms with van der Waals surface area (Å²) in [5, 5.41) is 2.61. The van der Waals surface area contributed by atoms with Gasteiger partial charge < -0.3 is 14.8 Å². The standard InChI is InChI=1S/C17H15F2NO4/c1-23-16(22)12-8-6-11(7-9-12)10-20-15(21)13-4-2-3-5-14(13)24-17(18)19/h2-9,17H,10H2,1H3,(H,20,21). The van der Waals surface area contributed by atoms with Crippen molar-refractivity contribution in [1.82, 2.24) is 5.32 Å². The number of alkyl halides is 2. The van der Waals surface area contributed by atoms with Crippen LogP contribution < -0.4 is 10.1 Å². The van der Waals surface area contributed by atoms with Gasteiger partial charge >= 0.3 is 12.6 Å². The van der Waals surface area contributed by atoms with Crippen molar-refractivity contribution in [1.29, 1.82) is 0 Å². The lowest BCUT2D eigenvalue weighted by Gasteiger charge is -2.11. The van der Waals surface area contributed by atoms with Gasteiger partial charge in [0.15, 0.2) is 0 Å². The predicted molar refractivity (Wildman–Crippen MR) is 82.0 cm³/mol. The summed E-state index contributed by atoms with van der Waals surface area (Å²) in [4.78, 5) is 23.5. The average Bonchev–Trinajstić information content (AvgIpc) is 2.59. The summed E-state index contributed by atoms with van der Waals surface area (Å²) in [6.45, 7) is -2.84. The lowest BCUT2D eigenvalue weighted by molar-refractivity contribution is -0.0501. The second kappa shape index (κ2) is 8.05. The van der Waals surface area contributed by atoms with Crippen LogP contribution in [0.1, 0.15) is 26.3 Å². The van der Waals surface area contributed by atoms with Gasteiger partial charge in [-0.15, -0.1) is 0 Å². The van der Waals surface area contributed by atoms with Crippen LogP contribution in [0.5, 0.6) is 5.75 Å². The monoisotopic (exact) mass is 335 g/mol. The molecule has 24 heavy (non-hydrogen) atoms. The van der Waals surface area contributed by atoms with Crippen molar-refractivity contribution in [2.75, 3.05) is 7.11 Å². The molecule has 2 aromatic rings. The first-order chi connectivity index (χ1) is 11.5. The van der Waals surface area contributed by atoms with Crippen LogP contribution in [0, 0.1) is 0 Å². The molecule has 2 aromatic carbocycles. The third kappa shape index (κ3) is 4.52. The fraction of sp³-hybridized carbons (Fsp3) is 0.176. The summed E-state index contributed by atoms with van der Waals surface area (Å²) in [7, 11) is 1.29. The predicted octanol–water partition coefficient (Wildman–Crippen LogP) is 3.00.